The first-order valence-corrected chi connectivity index (χ1v) is 6.20. The number of rotatable bonds is 8. The molecule has 1 rings (SSSR count). The lowest BCUT2D eigenvalue weighted by molar-refractivity contribution is -0.120. The van der Waals surface area contributed by atoms with Gasteiger partial charge in [0, 0.05) is 6.20 Å². The van der Waals surface area contributed by atoms with Crippen molar-refractivity contribution in [3.8, 4) is 0 Å². The molecule has 94 valence electrons. The van der Waals surface area contributed by atoms with Crippen LogP contribution in [-0.4, -0.2) is 24.0 Å². The maximum absolute atomic E-state index is 11.4. The standard InChI is InChI=1S/C13H21N3O/c1-2-3-5-8-14-11-13(17)16-10-12-7-4-6-9-15-12/h4,6-7,9,14H,2-3,5,8,10-11H2,1H3,(H,16,17). The number of amides is 1. The van der Waals surface area contributed by atoms with Gasteiger partial charge in [-0.05, 0) is 25.1 Å². The van der Waals surface area contributed by atoms with Crippen LogP contribution in [0, 0.1) is 0 Å². The quantitative estimate of drug-likeness (QED) is 0.671. The molecular weight excluding hydrogens is 214 g/mol. The molecule has 1 heterocycles. The highest BCUT2D eigenvalue weighted by molar-refractivity contribution is 5.77. The topological polar surface area (TPSA) is 54.0 Å². The van der Waals surface area contributed by atoms with Crippen molar-refractivity contribution in [2.24, 2.45) is 0 Å². The summed E-state index contributed by atoms with van der Waals surface area (Å²) in [5, 5.41) is 5.95. The SMILES string of the molecule is CCCCCNCC(=O)NCc1ccccn1. The molecule has 0 saturated carbocycles. The second kappa shape index (κ2) is 8.70. The minimum Gasteiger partial charge on any atom is -0.349 e. The minimum atomic E-state index is 0.0205. The maximum atomic E-state index is 11.4. The van der Waals surface area contributed by atoms with Gasteiger partial charge in [-0.1, -0.05) is 25.8 Å². The van der Waals surface area contributed by atoms with E-state index in [0.717, 1.165) is 18.7 Å². The number of hydrogen-bond donors (Lipinski definition) is 2. The van der Waals surface area contributed by atoms with Gasteiger partial charge < -0.3 is 10.6 Å². The van der Waals surface area contributed by atoms with Crippen molar-refractivity contribution in [3.63, 3.8) is 0 Å². The van der Waals surface area contributed by atoms with E-state index in [1.165, 1.54) is 12.8 Å². The van der Waals surface area contributed by atoms with Crippen LogP contribution in [0.2, 0.25) is 0 Å². The van der Waals surface area contributed by atoms with E-state index in [1.807, 2.05) is 18.2 Å². The van der Waals surface area contributed by atoms with Crippen LogP contribution in [0.25, 0.3) is 0 Å². The first-order valence-electron chi connectivity index (χ1n) is 6.20. The van der Waals surface area contributed by atoms with Gasteiger partial charge >= 0.3 is 0 Å². The Hall–Kier alpha value is -1.42. The van der Waals surface area contributed by atoms with Gasteiger partial charge in [0.2, 0.25) is 5.91 Å². The maximum Gasteiger partial charge on any atom is 0.234 e. The van der Waals surface area contributed by atoms with E-state index in [-0.39, 0.29) is 5.91 Å². The molecule has 0 saturated heterocycles. The van der Waals surface area contributed by atoms with E-state index in [2.05, 4.69) is 22.5 Å². The van der Waals surface area contributed by atoms with Crippen LogP contribution in [0.1, 0.15) is 31.9 Å². The first-order chi connectivity index (χ1) is 8.33. The molecule has 0 aliphatic rings. The Morgan fingerprint density at radius 1 is 1.35 bits per heavy atom. The molecule has 1 aromatic heterocycles. The molecule has 17 heavy (non-hydrogen) atoms. The number of carbonyl (C=O) groups excluding carboxylic acids is 1. The smallest absolute Gasteiger partial charge is 0.234 e. The summed E-state index contributed by atoms with van der Waals surface area (Å²) >= 11 is 0. The van der Waals surface area contributed by atoms with Gasteiger partial charge in [-0.3, -0.25) is 9.78 Å². The molecule has 1 amide bonds. The van der Waals surface area contributed by atoms with Crippen molar-refractivity contribution in [1.82, 2.24) is 15.6 Å². The highest BCUT2D eigenvalue weighted by Gasteiger charge is 2.00. The third kappa shape index (κ3) is 6.68. The fourth-order valence-electron chi connectivity index (χ4n) is 1.46. The summed E-state index contributed by atoms with van der Waals surface area (Å²) in [6, 6.07) is 5.67. The van der Waals surface area contributed by atoms with E-state index in [9.17, 15) is 4.79 Å². The number of nitrogens with zero attached hydrogens (tertiary/aromatic N) is 1. The molecule has 0 bridgehead atoms. The summed E-state index contributed by atoms with van der Waals surface area (Å²) < 4.78 is 0. The zero-order chi connectivity index (χ0) is 12.3. The van der Waals surface area contributed by atoms with E-state index in [0.29, 0.717) is 13.1 Å². The monoisotopic (exact) mass is 235 g/mol. The van der Waals surface area contributed by atoms with Crippen LogP contribution in [0.15, 0.2) is 24.4 Å². The van der Waals surface area contributed by atoms with Gasteiger partial charge in [-0.2, -0.15) is 0 Å². The normalized spacial score (nSPS) is 10.2. The van der Waals surface area contributed by atoms with Crippen LogP contribution in [0.4, 0.5) is 0 Å². The highest BCUT2D eigenvalue weighted by atomic mass is 16.1. The second-order valence-electron chi connectivity index (χ2n) is 3.98. The average molecular weight is 235 g/mol. The van der Waals surface area contributed by atoms with Crippen LogP contribution in [0.3, 0.4) is 0 Å². The Balaban J connectivity index is 2.05. The van der Waals surface area contributed by atoms with E-state index in [4.69, 9.17) is 0 Å². The van der Waals surface area contributed by atoms with Gasteiger partial charge in [0.1, 0.15) is 0 Å². The number of hydrogen-bond acceptors (Lipinski definition) is 3. The van der Waals surface area contributed by atoms with Crippen molar-refractivity contribution in [3.05, 3.63) is 30.1 Å². The van der Waals surface area contributed by atoms with E-state index >= 15 is 0 Å². The highest BCUT2D eigenvalue weighted by Crippen LogP contribution is 1.92. The molecule has 0 unspecified atom stereocenters. The lowest BCUT2D eigenvalue weighted by Crippen LogP contribution is -2.34. The predicted molar refractivity (Wildman–Crippen MR) is 68.5 cm³/mol. The van der Waals surface area contributed by atoms with Crippen molar-refractivity contribution in [2.75, 3.05) is 13.1 Å². The van der Waals surface area contributed by atoms with Crippen molar-refractivity contribution in [1.29, 1.82) is 0 Å². The van der Waals surface area contributed by atoms with Gasteiger partial charge in [-0.25, -0.2) is 0 Å². The second-order valence-corrected chi connectivity index (χ2v) is 3.98. The van der Waals surface area contributed by atoms with Crippen molar-refractivity contribution in [2.45, 2.75) is 32.7 Å². The predicted octanol–water partition coefficient (Wildman–Crippen LogP) is 1.48. The van der Waals surface area contributed by atoms with Crippen LogP contribution in [-0.2, 0) is 11.3 Å². The van der Waals surface area contributed by atoms with Gasteiger partial charge in [0.05, 0.1) is 18.8 Å². The van der Waals surface area contributed by atoms with Gasteiger partial charge in [0.25, 0.3) is 0 Å². The molecule has 0 spiro atoms. The summed E-state index contributed by atoms with van der Waals surface area (Å²) in [5.41, 5.74) is 0.881. The largest absolute Gasteiger partial charge is 0.349 e. The molecule has 4 nitrogen and oxygen atoms in total. The van der Waals surface area contributed by atoms with Gasteiger partial charge in [0.15, 0.2) is 0 Å². The summed E-state index contributed by atoms with van der Waals surface area (Å²) in [6.07, 6.45) is 5.27. The number of nitrogens with one attached hydrogen (secondary N) is 2. The fraction of sp³-hybridized carbons (Fsp3) is 0.538. The Labute approximate surface area is 103 Å². The molecule has 2 N–H and O–H groups in total. The fourth-order valence-corrected chi connectivity index (χ4v) is 1.46. The van der Waals surface area contributed by atoms with E-state index < -0.39 is 0 Å². The molecule has 0 aromatic carbocycles. The third-order valence-electron chi connectivity index (χ3n) is 2.44. The van der Waals surface area contributed by atoms with E-state index in [1.54, 1.807) is 6.20 Å². The Kier molecular flexibility index (Phi) is 6.98. The summed E-state index contributed by atoms with van der Waals surface area (Å²) in [7, 11) is 0. The minimum absolute atomic E-state index is 0.0205. The molecule has 0 aliphatic heterocycles. The molecular formula is C13H21N3O. The number of unbranched alkanes of at least 4 members (excludes halogenated alkanes) is 2. The number of carbonyl (C=O) groups is 1. The van der Waals surface area contributed by atoms with Crippen LogP contribution < -0.4 is 10.6 Å². The number of aromatic nitrogens is 1. The lowest BCUT2D eigenvalue weighted by Gasteiger charge is -2.06. The first kappa shape index (κ1) is 13.6. The molecule has 1 aromatic rings. The lowest BCUT2D eigenvalue weighted by atomic mass is 10.2. The molecule has 0 aliphatic carbocycles. The average Bonchev–Trinajstić information content (AvgIpc) is 2.37. The summed E-state index contributed by atoms with van der Waals surface area (Å²) in [5.74, 6) is 0.0205. The zero-order valence-corrected chi connectivity index (χ0v) is 10.4. The molecule has 0 fully saturated rings. The van der Waals surface area contributed by atoms with Crippen molar-refractivity contribution < 1.29 is 4.79 Å². The Morgan fingerprint density at radius 2 is 2.24 bits per heavy atom. The molecule has 0 radical (unpaired) electrons. The molecule has 4 heteroatoms. The van der Waals surface area contributed by atoms with Gasteiger partial charge in [-0.15, -0.1) is 0 Å². The Morgan fingerprint density at radius 3 is 2.94 bits per heavy atom. The molecule has 0 atom stereocenters. The summed E-state index contributed by atoms with van der Waals surface area (Å²) in [4.78, 5) is 15.6. The third-order valence-corrected chi connectivity index (χ3v) is 2.44. The summed E-state index contributed by atoms with van der Waals surface area (Å²) in [6.45, 7) is 3.96. The number of pyridine rings is 1. The van der Waals surface area contributed by atoms with Crippen LogP contribution in [0.5, 0.6) is 0 Å². The zero-order valence-electron chi connectivity index (χ0n) is 10.4. The Bertz CT molecular complexity index is 314. The van der Waals surface area contributed by atoms with Crippen LogP contribution >= 0.6 is 0 Å². The van der Waals surface area contributed by atoms with Crippen molar-refractivity contribution >= 4 is 5.91 Å².